The van der Waals surface area contributed by atoms with Crippen LogP contribution < -0.4 is 10.6 Å². The molecule has 23 heavy (non-hydrogen) atoms. The van der Waals surface area contributed by atoms with Crippen LogP contribution in [0.1, 0.15) is 11.1 Å². The van der Waals surface area contributed by atoms with E-state index in [1.54, 1.807) is 6.26 Å². The molecule has 2 amide bonds. The predicted octanol–water partition coefficient (Wildman–Crippen LogP) is 5.00. The zero-order valence-electron chi connectivity index (χ0n) is 11.7. The average Bonchev–Trinajstić information content (AvgIpc) is 2.88. The summed E-state index contributed by atoms with van der Waals surface area (Å²) in [5.41, 5.74) is -0.376. The topological polar surface area (TPSA) is 64.9 Å². The molecule has 0 spiro atoms. The van der Waals surface area contributed by atoms with Crippen LogP contribution in [0.15, 0.2) is 34.5 Å². The van der Waals surface area contributed by atoms with Gasteiger partial charge in [0.2, 0.25) is 0 Å². The second kappa shape index (κ2) is 6.93. The fourth-order valence-electron chi connectivity index (χ4n) is 1.71. The van der Waals surface area contributed by atoms with Gasteiger partial charge in [-0.15, -0.1) is 23.1 Å². The maximum Gasteiger partial charge on any atom is 0.416 e. The summed E-state index contributed by atoms with van der Waals surface area (Å²) in [4.78, 5) is 11.9. The van der Waals surface area contributed by atoms with Crippen molar-refractivity contribution < 1.29 is 18.0 Å². The molecule has 0 aliphatic carbocycles. The molecule has 0 fully saturated rings. The van der Waals surface area contributed by atoms with Gasteiger partial charge < -0.3 is 5.32 Å². The molecule has 1 aromatic carbocycles. The zero-order chi connectivity index (χ0) is 17.0. The van der Waals surface area contributed by atoms with Gasteiger partial charge in [-0.1, -0.05) is 6.07 Å². The number of benzene rings is 1. The van der Waals surface area contributed by atoms with Gasteiger partial charge in [-0.2, -0.15) is 18.4 Å². The maximum atomic E-state index is 12.6. The van der Waals surface area contributed by atoms with Gasteiger partial charge in [0.1, 0.15) is 6.07 Å². The molecule has 0 unspecified atom stereocenters. The molecular weight excluding hydrogens is 347 g/mol. The Kier molecular flexibility index (Phi) is 5.18. The van der Waals surface area contributed by atoms with Crippen molar-refractivity contribution in [3.8, 4) is 6.07 Å². The number of nitrogens with one attached hydrogen (secondary N) is 2. The number of thiophene rings is 1. The van der Waals surface area contributed by atoms with Crippen molar-refractivity contribution in [2.24, 2.45) is 0 Å². The number of amides is 2. The van der Waals surface area contributed by atoms with Gasteiger partial charge in [0.15, 0.2) is 0 Å². The molecule has 9 heteroatoms. The molecule has 2 N–H and O–H groups in total. The predicted molar refractivity (Wildman–Crippen MR) is 84.9 cm³/mol. The number of anilines is 2. The molecule has 0 radical (unpaired) electrons. The number of thioether (sulfide) groups is 1. The van der Waals surface area contributed by atoms with Gasteiger partial charge in [-0.25, -0.2) is 4.79 Å². The summed E-state index contributed by atoms with van der Waals surface area (Å²) < 4.78 is 38.6. The second-order valence-corrected chi connectivity index (χ2v) is 6.41. The quantitative estimate of drug-likeness (QED) is 0.760. The van der Waals surface area contributed by atoms with Crippen LogP contribution in [0.2, 0.25) is 0 Å². The smallest absolute Gasteiger partial charge is 0.308 e. The SMILES string of the molecule is CSc1sc(NC(=O)Nc2cccc(C(F)(F)F)c2)cc1C#N. The highest BCUT2D eigenvalue weighted by molar-refractivity contribution is 8.00. The normalized spacial score (nSPS) is 10.9. The summed E-state index contributed by atoms with van der Waals surface area (Å²) in [6.45, 7) is 0. The number of alkyl halides is 3. The summed E-state index contributed by atoms with van der Waals surface area (Å²) in [6.07, 6.45) is -2.67. The van der Waals surface area contributed by atoms with Crippen LogP contribution in [-0.4, -0.2) is 12.3 Å². The van der Waals surface area contributed by atoms with Gasteiger partial charge in [0.25, 0.3) is 0 Å². The Hall–Kier alpha value is -2.18. The number of urea groups is 1. The zero-order valence-corrected chi connectivity index (χ0v) is 13.3. The van der Waals surface area contributed by atoms with E-state index >= 15 is 0 Å². The molecule has 2 rings (SSSR count). The number of rotatable bonds is 3. The molecule has 1 heterocycles. The van der Waals surface area contributed by atoms with E-state index in [0.29, 0.717) is 10.6 Å². The van der Waals surface area contributed by atoms with Crippen molar-refractivity contribution >= 4 is 39.8 Å². The van der Waals surface area contributed by atoms with Crippen LogP contribution in [0.25, 0.3) is 0 Å². The first kappa shape index (κ1) is 17.2. The summed E-state index contributed by atoms with van der Waals surface area (Å²) in [5, 5.41) is 14.2. The van der Waals surface area contributed by atoms with Gasteiger partial charge in [-0.05, 0) is 30.5 Å². The van der Waals surface area contributed by atoms with Crippen LogP contribution in [0.5, 0.6) is 0 Å². The van der Waals surface area contributed by atoms with Gasteiger partial charge >= 0.3 is 12.2 Å². The lowest BCUT2D eigenvalue weighted by Crippen LogP contribution is -2.19. The van der Waals surface area contributed by atoms with Gasteiger partial charge in [-0.3, -0.25) is 5.32 Å². The lowest BCUT2D eigenvalue weighted by atomic mass is 10.2. The Labute approximate surface area is 138 Å². The summed E-state index contributed by atoms with van der Waals surface area (Å²) >= 11 is 2.59. The minimum Gasteiger partial charge on any atom is -0.308 e. The molecule has 2 aromatic rings. The summed E-state index contributed by atoms with van der Waals surface area (Å²) in [7, 11) is 0. The van der Waals surface area contributed by atoms with Crippen molar-refractivity contribution in [3.05, 3.63) is 41.5 Å². The first-order chi connectivity index (χ1) is 10.8. The van der Waals surface area contributed by atoms with E-state index in [-0.39, 0.29) is 5.69 Å². The molecule has 0 atom stereocenters. The van der Waals surface area contributed by atoms with Crippen LogP contribution >= 0.6 is 23.1 Å². The minimum absolute atomic E-state index is 0.0273. The number of nitriles is 1. The molecule has 0 saturated carbocycles. The number of nitrogens with zero attached hydrogens (tertiary/aromatic N) is 1. The highest BCUT2D eigenvalue weighted by Crippen LogP contribution is 2.34. The van der Waals surface area contributed by atoms with E-state index in [0.717, 1.165) is 16.3 Å². The third kappa shape index (κ3) is 4.40. The summed E-state index contributed by atoms with van der Waals surface area (Å²) in [6, 6.07) is 7.19. The Morgan fingerprint density at radius 2 is 2.04 bits per heavy atom. The van der Waals surface area contributed by atoms with Gasteiger partial charge in [0.05, 0.1) is 20.3 Å². The van der Waals surface area contributed by atoms with Crippen molar-refractivity contribution in [1.29, 1.82) is 5.26 Å². The third-order valence-electron chi connectivity index (χ3n) is 2.69. The average molecular weight is 357 g/mol. The molecule has 0 saturated heterocycles. The number of carbonyl (C=O) groups is 1. The lowest BCUT2D eigenvalue weighted by molar-refractivity contribution is -0.137. The Bertz CT molecular complexity index is 765. The first-order valence-electron chi connectivity index (χ1n) is 6.16. The van der Waals surface area contributed by atoms with Crippen LogP contribution in [0, 0.1) is 11.3 Å². The Morgan fingerprint density at radius 3 is 2.61 bits per heavy atom. The molecule has 0 aliphatic heterocycles. The molecule has 1 aromatic heterocycles. The molecule has 0 bridgehead atoms. The molecule has 120 valence electrons. The molecule has 0 aliphatic rings. The van der Waals surface area contributed by atoms with Crippen molar-refractivity contribution in [1.82, 2.24) is 0 Å². The van der Waals surface area contributed by atoms with E-state index < -0.39 is 17.8 Å². The number of hydrogen-bond donors (Lipinski definition) is 2. The van der Waals surface area contributed by atoms with Crippen molar-refractivity contribution in [2.75, 3.05) is 16.9 Å². The van der Waals surface area contributed by atoms with Crippen LogP contribution in [0.4, 0.5) is 28.7 Å². The third-order valence-corrected chi connectivity index (χ3v) is 4.87. The lowest BCUT2D eigenvalue weighted by Gasteiger charge is -2.10. The van der Waals surface area contributed by atoms with E-state index in [4.69, 9.17) is 5.26 Å². The Balaban J connectivity index is 2.08. The van der Waals surface area contributed by atoms with Crippen molar-refractivity contribution in [3.63, 3.8) is 0 Å². The van der Waals surface area contributed by atoms with E-state index in [1.165, 1.54) is 41.3 Å². The van der Waals surface area contributed by atoms with Gasteiger partial charge in [0, 0.05) is 5.69 Å². The highest BCUT2D eigenvalue weighted by atomic mass is 32.2. The van der Waals surface area contributed by atoms with Crippen molar-refractivity contribution in [2.45, 2.75) is 10.4 Å². The fourth-order valence-corrected chi connectivity index (χ4v) is 3.37. The second-order valence-electron chi connectivity index (χ2n) is 4.29. The highest BCUT2D eigenvalue weighted by Gasteiger charge is 2.30. The molecule has 4 nitrogen and oxygen atoms in total. The first-order valence-corrected chi connectivity index (χ1v) is 8.21. The Morgan fingerprint density at radius 1 is 1.30 bits per heavy atom. The number of halogens is 3. The standard InChI is InChI=1S/C14H10F3N3OS2/c1-22-12-8(7-18)5-11(23-12)20-13(21)19-10-4-2-3-9(6-10)14(15,16)17/h2-6H,1H3,(H2,19,20,21). The van der Waals surface area contributed by atoms with E-state index in [9.17, 15) is 18.0 Å². The van der Waals surface area contributed by atoms with Crippen LogP contribution in [0.3, 0.4) is 0 Å². The fraction of sp³-hybridized carbons (Fsp3) is 0.143. The minimum atomic E-state index is -4.48. The summed E-state index contributed by atoms with van der Waals surface area (Å²) in [5.74, 6) is 0. The largest absolute Gasteiger partial charge is 0.416 e. The van der Waals surface area contributed by atoms with E-state index in [2.05, 4.69) is 10.6 Å². The number of carbonyl (C=O) groups excluding carboxylic acids is 1. The van der Waals surface area contributed by atoms with E-state index in [1.807, 2.05) is 6.07 Å². The monoisotopic (exact) mass is 357 g/mol. The maximum absolute atomic E-state index is 12.6. The number of hydrogen-bond acceptors (Lipinski definition) is 4. The molecular formula is C14H10F3N3OS2. The van der Waals surface area contributed by atoms with Crippen LogP contribution in [-0.2, 0) is 6.18 Å².